The van der Waals surface area contributed by atoms with Gasteiger partial charge in [-0.1, -0.05) is 23.7 Å². The summed E-state index contributed by atoms with van der Waals surface area (Å²) >= 11 is 7.45. The molecular weight excluding hydrogens is 202 g/mol. The van der Waals surface area contributed by atoms with Gasteiger partial charge in [0, 0.05) is 21.7 Å². The van der Waals surface area contributed by atoms with Crippen LogP contribution in [-0.2, 0) is 0 Å². The van der Waals surface area contributed by atoms with Crippen molar-refractivity contribution in [1.82, 2.24) is 0 Å². The molecule has 1 nitrogen and oxygen atoms in total. The van der Waals surface area contributed by atoms with Crippen molar-refractivity contribution in [1.29, 1.82) is 5.26 Å². The number of benzene rings is 1. The van der Waals surface area contributed by atoms with Crippen LogP contribution in [0.2, 0.25) is 5.02 Å². The fraction of sp³-hybridized carbons (Fsp3) is 0.100. The first kappa shape index (κ1) is 10.2. The van der Waals surface area contributed by atoms with Gasteiger partial charge in [0.2, 0.25) is 0 Å². The highest BCUT2D eigenvalue weighted by Gasteiger charge is 1.92. The molecule has 1 rings (SSSR count). The molecule has 1 aromatic carbocycles. The van der Waals surface area contributed by atoms with E-state index < -0.39 is 0 Å². The normalized spacial score (nSPS) is 10.2. The minimum atomic E-state index is 0.745. The zero-order valence-corrected chi connectivity index (χ0v) is 8.48. The Morgan fingerprint density at radius 1 is 1.54 bits per heavy atom. The number of nitrogens with zero attached hydrogens (tertiary/aromatic N) is 1. The largest absolute Gasteiger partial charge is 0.193 e. The van der Waals surface area contributed by atoms with Gasteiger partial charge in [-0.2, -0.15) is 5.26 Å². The van der Waals surface area contributed by atoms with Crippen LogP contribution in [0.4, 0.5) is 0 Å². The average molecular weight is 210 g/mol. The second-order valence-electron chi connectivity index (χ2n) is 2.30. The maximum atomic E-state index is 8.24. The van der Waals surface area contributed by atoms with E-state index in [0.717, 1.165) is 15.7 Å². The predicted octanol–water partition coefficient (Wildman–Crippen LogP) is 3.51. The summed E-state index contributed by atoms with van der Waals surface area (Å²) in [5.74, 6) is 0.800. The fourth-order valence-corrected chi connectivity index (χ4v) is 1.83. The molecule has 0 fully saturated rings. The smallest absolute Gasteiger partial charge is 0.0908 e. The second-order valence-corrected chi connectivity index (χ2v) is 3.83. The van der Waals surface area contributed by atoms with Crippen molar-refractivity contribution in [2.45, 2.75) is 4.90 Å². The SMILES string of the molecule is N#C/C=C/CSc1cccc(Cl)c1. The van der Waals surface area contributed by atoms with Crippen LogP contribution >= 0.6 is 23.4 Å². The van der Waals surface area contributed by atoms with Crippen LogP contribution in [0.1, 0.15) is 0 Å². The summed E-state index contributed by atoms with van der Waals surface area (Å²) in [6, 6.07) is 9.61. The average Bonchev–Trinajstić information content (AvgIpc) is 2.13. The van der Waals surface area contributed by atoms with Crippen LogP contribution in [0.3, 0.4) is 0 Å². The van der Waals surface area contributed by atoms with E-state index in [9.17, 15) is 0 Å². The summed E-state index contributed by atoms with van der Waals surface area (Å²) in [4.78, 5) is 1.12. The Bertz CT molecular complexity index is 341. The van der Waals surface area contributed by atoms with Gasteiger partial charge in [0.05, 0.1) is 6.07 Å². The molecule has 3 heteroatoms. The minimum absolute atomic E-state index is 0.745. The third-order valence-electron chi connectivity index (χ3n) is 1.33. The fourth-order valence-electron chi connectivity index (χ4n) is 0.802. The van der Waals surface area contributed by atoms with Crippen molar-refractivity contribution in [2.24, 2.45) is 0 Å². The maximum absolute atomic E-state index is 8.24. The summed E-state index contributed by atoms with van der Waals surface area (Å²) in [5, 5.41) is 8.99. The van der Waals surface area contributed by atoms with Gasteiger partial charge in [-0.25, -0.2) is 0 Å². The molecule has 0 saturated heterocycles. The first-order chi connectivity index (χ1) is 6.33. The number of nitriles is 1. The number of thioether (sulfide) groups is 1. The van der Waals surface area contributed by atoms with Gasteiger partial charge < -0.3 is 0 Å². The molecule has 0 spiro atoms. The summed E-state index contributed by atoms with van der Waals surface area (Å²) < 4.78 is 0. The first-order valence-corrected chi connectivity index (χ1v) is 5.12. The number of hydrogen-bond donors (Lipinski definition) is 0. The first-order valence-electron chi connectivity index (χ1n) is 3.76. The van der Waals surface area contributed by atoms with Gasteiger partial charge >= 0.3 is 0 Å². The second kappa shape index (κ2) is 5.69. The summed E-state index contributed by atoms with van der Waals surface area (Å²) in [6.07, 6.45) is 3.31. The molecular formula is C10H8ClNS. The van der Waals surface area contributed by atoms with Crippen molar-refractivity contribution < 1.29 is 0 Å². The third kappa shape index (κ3) is 4.02. The van der Waals surface area contributed by atoms with E-state index in [-0.39, 0.29) is 0 Å². The summed E-state index contributed by atoms with van der Waals surface area (Å²) in [5.41, 5.74) is 0. The van der Waals surface area contributed by atoms with Crippen molar-refractivity contribution in [3.05, 3.63) is 41.4 Å². The lowest BCUT2D eigenvalue weighted by atomic mass is 10.4. The lowest BCUT2D eigenvalue weighted by molar-refractivity contribution is 1.46. The van der Waals surface area contributed by atoms with Crippen molar-refractivity contribution >= 4 is 23.4 Å². The number of halogens is 1. The third-order valence-corrected chi connectivity index (χ3v) is 2.52. The molecule has 0 N–H and O–H groups in total. The predicted molar refractivity (Wildman–Crippen MR) is 56.9 cm³/mol. The van der Waals surface area contributed by atoms with Crippen LogP contribution in [0.25, 0.3) is 0 Å². The lowest BCUT2D eigenvalue weighted by Crippen LogP contribution is -1.73. The Kier molecular flexibility index (Phi) is 4.45. The topological polar surface area (TPSA) is 23.8 Å². The summed E-state index contributed by atoms with van der Waals surface area (Å²) in [6.45, 7) is 0. The van der Waals surface area contributed by atoms with E-state index in [4.69, 9.17) is 16.9 Å². The zero-order chi connectivity index (χ0) is 9.52. The maximum Gasteiger partial charge on any atom is 0.0908 e. The number of allylic oxidation sites excluding steroid dienone is 1. The monoisotopic (exact) mass is 209 g/mol. The van der Waals surface area contributed by atoms with E-state index in [2.05, 4.69) is 0 Å². The van der Waals surface area contributed by atoms with Crippen molar-refractivity contribution in [3.63, 3.8) is 0 Å². The van der Waals surface area contributed by atoms with E-state index in [0.29, 0.717) is 0 Å². The molecule has 0 atom stereocenters. The molecule has 1 aromatic rings. The van der Waals surface area contributed by atoms with Gasteiger partial charge in [0.1, 0.15) is 0 Å². The van der Waals surface area contributed by atoms with Gasteiger partial charge in [0.25, 0.3) is 0 Å². The highest BCUT2D eigenvalue weighted by Crippen LogP contribution is 2.21. The van der Waals surface area contributed by atoms with Crippen molar-refractivity contribution in [3.8, 4) is 6.07 Å². The zero-order valence-electron chi connectivity index (χ0n) is 6.90. The molecule has 0 saturated carbocycles. The Morgan fingerprint density at radius 2 is 2.38 bits per heavy atom. The van der Waals surface area contributed by atoms with E-state index in [1.165, 1.54) is 6.08 Å². The van der Waals surface area contributed by atoms with Gasteiger partial charge in [-0.15, -0.1) is 11.8 Å². The van der Waals surface area contributed by atoms with Gasteiger partial charge in [0.15, 0.2) is 0 Å². The van der Waals surface area contributed by atoms with E-state index in [1.807, 2.05) is 36.4 Å². The van der Waals surface area contributed by atoms with Crippen LogP contribution < -0.4 is 0 Å². The minimum Gasteiger partial charge on any atom is -0.193 e. The van der Waals surface area contributed by atoms with Crippen LogP contribution in [-0.4, -0.2) is 5.75 Å². The molecule has 0 heterocycles. The van der Waals surface area contributed by atoms with Crippen LogP contribution in [0, 0.1) is 11.3 Å². The quantitative estimate of drug-likeness (QED) is 0.562. The number of rotatable bonds is 3. The molecule has 0 aliphatic carbocycles. The Hall–Kier alpha value is -0.910. The van der Waals surface area contributed by atoms with Crippen molar-refractivity contribution in [2.75, 3.05) is 5.75 Å². The molecule has 0 aliphatic rings. The molecule has 0 aromatic heterocycles. The van der Waals surface area contributed by atoms with Gasteiger partial charge in [-0.3, -0.25) is 0 Å². The van der Waals surface area contributed by atoms with E-state index in [1.54, 1.807) is 11.8 Å². The highest BCUT2D eigenvalue weighted by atomic mass is 35.5. The Balaban J connectivity index is 2.46. The molecule has 0 aliphatic heterocycles. The molecule has 0 unspecified atom stereocenters. The van der Waals surface area contributed by atoms with Crippen LogP contribution in [0.5, 0.6) is 0 Å². The Morgan fingerprint density at radius 3 is 3.08 bits per heavy atom. The lowest BCUT2D eigenvalue weighted by Gasteiger charge is -1.97. The molecule has 66 valence electrons. The van der Waals surface area contributed by atoms with Gasteiger partial charge in [-0.05, 0) is 18.2 Å². The molecule has 0 amide bonds. The standard InChI is InChI=1S/C10H8ClNS/c11-9-4-3-5-10(8-9)13-7-2-1-6-12/h1-5,8H,7H2/b2-1+. The van der Waals surface area contributed by atoms with E-state index >= 15 is 0 Å². The number of hydrogen-bond acceptors (Lipinski definition) is 2. The summed E-state index contributed by atoms with van der Waals surface area (Å²) in [7, 11) is 0. The molecule has 0 bridgehead atoms. The molecule has 0 radical (unpaired) electrons. The Labute approximate surface area is 87.0 Å². The van der Waals surface area contributed by atoms with Crippen LogP contribution in [0.15, 0.2) is 41.3 Å². The molecule has 13 heavy (non-hydrogen) atoms. The highest BCUT2D eigenvalue weighted by molar-refractivity contribution is 7.99.